The van der Waals surface area contributed by atoms with Gasteiger partial charge in [0.1, 0.15) is 11.6 Å². The quantitative estimate of drug-likeness (QED) is 0.784. The lowest BCUT2D eigenvalue weighted by molar-refractivity contribution is 0.408. The zero-order valence-electron chi connectivity index (χ0n) is 8.43. The van der Waals surface area contributed by atoms with Crippen LogP contribution in [0, 0.1) is 12.7 Å². The summed E-state index contributed by atoms with van der Waals surface area (Å²) < 4.78 is 18.7. The Balaban J connectivity index is 2.50. The minimum Gasteiger partial charge on any atom is -0.496 e. The molecule has 0 bridgehead atoms. The summed E-state index contributed by atoms with van der Waals surface area (Å²) in [7, 11) is 1.58. The molecule has 0 unspecified atom stereocenters. The van der Waals surface area contributed by atoms with E-state index in [4.69, 9.17) is 10.5 Å². The Morgan fingerprint density at radius 2 is 2.07 bits per heavy atom. The average molecular weight is 195 g/mol. The van der Waals surface area contributed by atoms with E-state index in [1.807, 2.05) is 6.92 Å². The van der Waals surface area contributed by atoms with Crippen molar-refractivity contribution in [2.45, 2.75) is 25.3 Å². The number of aryl methyl sites for hydroxylation is 1. The molecule has 1 saturated carbocycles. The Labute approximate surface area is 82.9 Å². The van der Waals surface area contributed by atoms with Gasteiger partial charge in [-0.2, -0.15) is 0 Å². The van der Waals surface area contributed by atoms with E-state index in [0.29, 0.717) is 11.3 Å². The second-order valence-electron chi connectivity index (χ2n) is 3.96. The van der Waals surface area contributed by atoms with Crippen molar-refractivity contribution in [3.05, 3.63) is 29.1 Å². The van der Waals surface area contributed by atoms with E-state index >= 15 is 0 Å². The van der Waals surface area contributed by atoms with Gasteiger partial charge in [0.15, 0.2) is 0 Å². The third-order valence-electron chi connectivity index (χ3n) is 2.81. The zero-order chi connectivity index (χ0) is 10.3. The average Bonchev–Trinajstić information content (AvgIpc) is 2.85. The van der Waals surface area contributed by atoms with Crippen LogP contribution in [0.4, 0.5) is 4.39 Å². The molecule has 0 radical (unpaired) electrons. The molecule has 1 fully saturated rings. The molecule has 76 valence electrons. The van der Waals surface area contributed by atoms with Gasteiger partial charge in [-0.3, -0.25) is 0 Å². The molecule has 0 aromatic heterocycles. The summed E-state index contributed by atoms with van der Waals surface area (Å²) in [5.74, 6) is 0.487. The van der Waals surface area contributed by atoms with Gasteiger partial charge in [0.05, 0.1) is 7.11 Å². The molecule has 2 N–H and O–H groups in total. The molecule has 0 spiro atoms. The van der Waals surface area contributed by atoms with Crippen LogP contribution in [0.1, 0.15) is 24.0 Å². The van der Waals surface area contributed by atoms with E-state index in [2.05, 4.69) is 0 Å². The van der Waals surface area contributed by atoms with Crippen LogP contribution in [0.2, 0.25) is 0 Å². The van der Waals surface area contributed by atoms with Crippen molar-refractivity contribution >= 4 is 0 Å². The number of benzene rings is 1. The van der Waals surface area contributed by atoms with Crippen molar-refractivity contribution in [1.82, 2.24) is 0 Å². The van der Waals surface area contributed by atoms with Gasteiger partial charge < -0.3 is 10.5 Å². The number of rotatable bonds is 2. The summed E-state index contributed by atoms with van der Waals surface area (Å²) in [6.45, 7) is 1.82. The highest BCUT2D eigenvalue weighted by Crippen LogP contribution is 2.45. The molecule has 0 amide bonds. The summed E-state index contributed by atoms with van der Waals surface area (Å²) in [6.07, 6.45) is 1.71. The molecule has 1 aliphatic rings. The lowest BCUT2D eigenvalue weighted by atomic mass is 10.0. The maximum absolute atomic E-state index is 13.6. The van der Waals surface area contributed by atoms with Gasteiger partial charge in [0, 0.05) is 11.1 Å². The lowest BCUT2D eigenvalue weighted by Gasteiger charge is -2.13. The second-order valence-corrected chi connectivity index (χ2v) is 3.96. The van der Waals surface area contributed by atoms with E-state index in [1.165, 1.54) is 6.07 Å². The molecule has 0 aliphatic heterocycles. The van der Waals surface area contributed by atoms with E-state index in [9.17, 15) is 4.39 Å². The lowest BCUT2D eigenvalue weighted by Crippen LogP contribution is -2.20. The monoisotopic (exact) mass is 195 g/mol. The van der Waals surface area contributed by atoms with Gasteiger partial charge in [-0.25, -0.2) is 4.39 Å². The fourth-order valence-electron chi connectivity index (χ4n) is 1.66. The van der Waals surface area contributed by atoms with Crippen molar-refractivity contribution in [2.24, 2.45) is 5.73 Å². The van der Waals surface area contributed by atoms with Crippen molar-refractivity contribution in [2.75, 3.05) is 7.11 Å². The number of hydrogen-bond acceptors (Lipinski definition) is 2. The summed E-state index contributed by atoms with van der Waals surface area (Å²) in [6, 6.07) is 3.21. The van der Waals surface area contributed by atoms with Crippen LogP contribution in [0.25, 0.3) is 0 Å². The molecule has 0 heterocycles. The second kappa shape index (κ2) is 2.95. The highest BCUT2D eigenvalue weighted by atomic mass is 19.1. The highest BCUT2D eigenvalue weighted by molar-refractivity contribution is 5.42. The van der Waals surface area contributed by atoms with Crippen molar-refractivity contribution in [3.8, 4) is 5.75 Å². The predicted molar refractivity (Wildman–Crippen MR) is 52.8 cm³/mol. The Bertz CT molecular complexity index is 372. The van der Waals surface area contributed by atoms with Gasteiger partial charge >= 0.3 is 0 Å². The van der Waals surface area contributed by atoms with Crippen LogP contribution < -0.4 is 10.5 Å². The minimum atomic E-state index is -0.439. The third-order valence-corrected chi connectivity index (χ3v) is 2.81. The maximum atomic E-state index is 13.6. The smallest absolute Gasteiger partial charge is 0.128 e. The maximum Gasteiger partial charge on any atom is 0.128 e. The summed E-state index contributed by atoms with van der Waals surface area (Å²) >= 11 is 0. The minimum absolute atomic E-state index is 0.219. The van der Waals surface area contributed by atoms with Crippen LogP contribution in [0.15, 0.2) is 12.1 Å². The summed E-state index contributed by atoms with van der Waals surface area (Å²) in [4.78, 5) is 0. The molecule has 0 atom stereocenters. The Kier molecular flexibility index (Phi) is 2.00. The number of methoxy groups -OCH3 is 1. The number of nitrogens with two attached hydrogens (primary N) is 1. The van der Waals surface area contributed by atoms with Gasteiger partial charge in [-0.1, -0.05) is 0 Å². The first-order chi connectivity index (χ1) is 6.57. The largest absolute Gasteiger partial charge is 0.496 e. The van der Waals surface area contributed by atoms with Crippen LogP contribution in [-0.4, -0.2) is 7.11 Å². The van der Waals surface area contributed by atoms with E-state index < -0.39 is 5.54 Å². The molecular weight excluding hydrogens is 181 g/mol. The van der Waals surface area contributed by atoms with Crippen LogP contribution in [0.3, 0.4) is 0 Å². The molecule has 3 heteroatoms. The first kappa shape index (κ1) is 9.46. The van der Waals surface area contributed by atoms with Crippen LogP contribution in [0.5, 0.6) is 5.75 Å². The van der Waals surface area contributed by atoms with Gasteiger partial charge in [0.2, 0.25) is 0 Å². The molecule has 2 nitrogen and oxygen atoms in total. The number of hydrogen-bond donors (Lipinski definition) is 1. The Morgan fingerprint density at radius 3 is 2.57 bits per heavy atom. The third kappa shape index (κ3) is 1.38. The molecule has 1 aliphatic carbocycles. The predicted octanol–water partition coefficient (Wildman–Crippen LogP) is 2.09. The Morgan fingerprint density at radius 1 is 1.43 bits per heavy atom. The first-order valence-electron chi connectivity index (χ1n) is 4.70. The van der Waals surface area contributed by atoms with Gasteiger partial charge in [0.25, 0.3) is 0 Å². The van der Waals surface area contributed by atoms with Crippen molar-refractivity contribution < 1.29 is 9.13 Å². The summed E-state index contributed by atoms with van der Waals surface area (Å²) in [5, 5.41) is 0. The Hall–Kier alpha value is -1.09. The number of ether oxygens (including phenoxy) is 1. The molecule has 0 saturated heterocycles. The van der Waals surface area contributed by atoms with Gasteiger partial charge in [-0.05, 0) is 37.5 Å². The fourth-order valence-corrected chi connectivity index (χ4v) is 1.66. The van der Waals surface area contributed by atoms with E-state index in [1.54, 1.807) is 13.2 Å². The van der Waals surface area contributed by atoms with Crippen LogP contribution in [-0.2, 0) is 5.54 Å². The number of halogens is 1. The highest BCUT2D eigenvalue weighted by Gasteiger charge is 2.42. The normalized spacial score (nSPS) is 18.0. The van der Waals surface area contributed by atoms with E-state index in [-0.39, 0.29) is 5.82 Å². The molecular formula is C11H14FNO. The van der Waals surface area contributed by atoms with Crippen LogP contribution >= 0.6 is 0 Å². The van der Waals surface area contributed by atoms with E-state index in [0.717, 1.165) is 18.4 Å². The zero-order valence-corrected chi connectivity index (χ0v) is 8.43. The SMILES string of the molecule is COc1cc(C2(N)CC2)c(F)cc1C. The summed E-state index contributed by atoms with van der Waals surface area (Å²) in [5.41, 5.74) is 6.89. The van der Waals surface area contributed by atoms with Crippen molar-refractivity contribution in [1.29, 1.82) is 0 Å². The first-order valence-corrected chi connectivity index (χ1v) is 4.70. The van der Waals surface area contributed by atoms with Crippen molar-refractivity contribution in [3.63, 3.8) is 0 Å². The topological polar surface area (TPSA) is 35.2 Å². The standard InChI is InChI=1S/C11H14FNO/c1-7-5-9(12)8(6-10(7)14-2)11(13)3-4-11/h5-6H,3-4,13H2,1-2H3. The molecule has 2 rings (SSSR count). The fraction of sp³-hybridized carbons (Fsp3) is 0.455. The molecule has 14 heavy (non-hydrogen) atoms. The van der Waals surface area contributed by atoms with Gasteiger partial charge in [-0.15, -0.1) is 0 Å². The molecule has 1 aromatic rings. The molecule has 1 aromatic carbocycles.